The monoisotopic (exact) mass is 340 g/mol. The lowest BCUT2D eigenvalue weighted by atomic mass is 10.3. The molecule has 0 aliphatic heterocycles. The van der Waals surface area contributed by atoms with Crippen molar-refractivity contribution in [1.82, 2.24) is 0 Å². The number of hydrogen-bond acceptors (Lipinski definition) is 1. The first kappa shape index (κ1) is 10.3. The van der Waals surface area contributed by atoms with E-state index in [1.54, 1.807) is 0 Å². The fourth-order valence-electron chi connectivity index (χ4n) is 0.798. The van der Waals surface area contributed by atoms with Crippen molar-refractivity contribution in [1.29, 1.82) is 0 Å². The average molecular weight is 341 g/mol. The minimum absolute atomic E-state index is 0.783. The van der Waals surface area contributed by atoms with Crippen molar-refractivity contribution < 1.29 is 4.74 Å². The SMILES string of the molecule is BrCCCOc1ccccc1I. The number of benzene rings is 1. The summed E-state index contributed by atoms with van der Waals surface area (Å²) >= 11 is 5.63. The quantitative estimate of drug-likeness (QED) is 0.463. The molecular formula is C9H10BrIO. The summed E-state index contributed by atoms with van der Waals surface area (Å²) in [5.74, 6) is 0.985. The van der Waals surface area contributed by atoms with E-state index >= 15 is 0 Å². The van der Waals surface area contributed by atoms with Crippen LogP contribution in [0, 0.1) is 3.57 Å². The second-order valence-corrected chi connectivity index (χ2v) is 4.28. The van der Waals surface area contributed by atoms with Gasteiger partial charge in [0.2, 0.25) is 0 Å². The predicted octanol–water partition coefficient (Wildman–Crippen LogP) is 3.46. The van der Waals surface area contributed by atoms with Crippen molar-refractivity contribution in [3.63, 3.8) is 0 Å². The molecule has 0 atom stereocenters. The van der Waals surface area contributed by atoms with Crippen molar-refractivity contribution in [2.24, 2.45) is 0 Å². The summed E-state index contributed by atoms with van der Waals surface area (Å²) in [4.78, 5) is 0. The fourth-order valence-corrected chi connectivity index (χ4v) is 1.57. The van der Waals surface area contributed by atoms with Gasteiger partial charge in [-0.15, -0.1) is 0 Å². The van der Waals surface area contributed by atoms with Gasteiger partial charge in [-0.3, -0.25) is 0 Å². The second kappa shape index (κ2) is 5.80. The van der Waals surface area contributed by atoms with Gasteiger partial charge in [0.05, 0.1) is 10.2 Å². The lowest BCUT2D eigenvalue weighted by Gasteiger charge is -2.05. The topological polar surface area (TPSA) is 9.23 Å². The molecule has 1 aromatic carbocycles. The Morgan fingerprint density at radius 2 is 2.08 bits per heavy atom. The standard InChI is InChI=1S/C9H10BrIO/c10-6-3-7-12-9-5-2-1-4-8(9)11/h1-2,4-5H,3,6-7H2. The molecule has 0 unspecified atom stereocenters. The number of ether oxygens (including phenoxy) is 1. The van der Waals surface area contributed by atoms with Crippen LogP contribution in [0.5, 0.6) is 5.75 Å². The van der Waals surface area contributed by atoms with E-state index in [2.05, 4.69) is 38.5 Å². The highest BCUT2D eigenvalue weighted by atomic mass is 127. The van der Waals surface area contributed by atoms with E-state index in [9.17, 15) is 0 Å². The van der Waals surface area contributed by atoms with Crippen molar-refractivity contribution in [3.05, 3.63) is 27.8 Å². The Hall–Kier alpha value is 0.230. The summed E-state index contributed by atoms with van der Waals surface area (Å²) in [6.45, 7) is 0.783. The zero-order valence-corrected chi connectivity index (χ0v) is 10.3. The maximum atomic E-state index is 5.54. The predicted molar refractivity (Wildman–Crippen MR) is 63.1 cm³/mol. The minimum atomic E-state index is 0.783. The molecule has 0 N–H and O–H groups in total. The van der Waals surface area contributed by atoms with E-state index < -0.39 is 0 Å². The smallest absolute Gasteiger partial charge is 0.132 e. The van der Waals surface area contributed by atoms with E-state index in [1.165, 1.54) is 3.57 Å². The third-order valence-electron chi connectivity index (χ3n) is 1.37. The molecule has 0 aliphatic rings. The number of rotatable bonds is 4. The van der Waals surface area contributed by atoms with Crippen LogP contribution in [0.2, 0.25) is 0 Å². The van der Waals surface area contributed by atoms with Crippen molar-refractivity contribution in [2.75, 3.05) is 11.9 Å². The van der Waals surface area contributed by atoms with Gasteiger partial charge in [0.15, 0.2) is 0 Å². The molecule has 1 aromatic rings. The van der Waals surface area contributed by atoms with Crippen molar-refractivity contribution >= 4 is 38.5 Å². The minimum Gasteiger partial charge on any atom is -0.492 e. The molecular weight excluding hydrogens is 331 g/mol. The molecule has 1 nitrogen and oxygen atoms in total. The maximum absolute atomic E-state index is 5.54. The molecule has 0 radical (unpaired) electrons. The molecule has 0 aromatic heterocycles. The van der Waals surface area contributed by atoms with Crippen LogP contribution in [0.25, 0.3) is 0 Å². The highest BCUT2D eigenvalue weighted by Crippen LogP contribution is 2.19. The number of halogens is 2. The first-order valence-electron chi connectivity index (χ1n) is 3.78. The van der Waals surface area contributed by atoms with Gasteiger partial charge in [-0.05, 0) is 41.1 Å². The van der Waals surface area contributed by atoms with E-state index in [0.29, 0.717) is 0 Å². The van der Waals surface area contributed by atoms with Crippen LogP contribution < -0.4 is 4.74 Å². The molecule has 3 heteroatoms. The normalized spacial score (nSPS) is 9.83. The first-order chi connectivity index (χ1) is 5.84. The lowest BCUT2D eigenvalue weighted by molar-refractivity contribution is 0.317. The third kappa shape index (κ3) is 3.31. The summed E-state index contributed by atoms with van der Waals surface area (Å²) in [7, 11) is 0. The van der Waals surface area contributed by atoms with Gasteiger partial charge in [-0.1, -0.05) is 28.1 Å². The second-order valence-electron chi connectivity index (χ2n) is 2.32. The van der Waals surface area contributed by atoms with E-state index in [0.717, 1.165) is 24.1 Å². The molecule has 66 valence electrons. The van der Waals surface area contributed by atoms with Gasteiger partial charge >= 0.3 is 0 Å². The lowest BCUT2D eigenvalue weighted by Crippen LogP contribution is -1.98. The molecule has 1 rings (SSSR count). The fraction of sp³-hybridized carbons (Fsp3) is 0.333. The van der Waals surface area contributed by atoms with Gasteiger partial charge in [0, 0.05) is 5.33 Å². The molecule has 0 amide bonds. The average Bonchev–Trinajstić information content (AvgIpc) is 2.09. The number of hydrogen-bond donors (Lipinski definition) is 0. The van der Waals surface area contributed by atoms with Gasteiger partial charge in [-0.2, -0.15) is 0 Å². The Morgan fingerprint density at radius 1 is 1.33 bits per heavy atom. The Balaban J connectivity index is 2.46. The van der Waals surface area contributed by atoms with E-state index in [4.69, 9.17) is 4.74 Å². The Labute approximate surface area is 94.8 Å². The van der Waals surface area contributed by atoms with E-state index in [-0.39, 0.29) is 0 Å². The largest absolute Gasteiger partial charge is 0.492 e. The molecule has 0 heterocycles. The Bertz CT molecular complexity index is 240. The Kier molecular flexibility index (Phi) is 4.99. The molecule has 0 saturated heterocycles. The third-order valence-corrected chi connectivity index (χ3v) is 2.82. The van der Waals surface area contributed by atoms with Crippen LogP contribution in [0.4, 0.5) is 0 Å². The van der Waals surface area contributed by atoms with Crippen molar-refractivity contribution in [2.45, 2.75) is 6.42 Å². The highest BCUT2D eigenvalue weighted by Gasteiger charge is 1.97. The van der Waals surface area contributed by atoms with Gasteiger partial charge in [-0.25, -0.2) is 0 Å². The zero-order chi connectivity index (χ0) is 8.81. The first-order valence-corrected chi connectivity index (χ1v) is 5.98. The van der Waals surface area contributed by atoms with Gasteiger partial charge < -0.3 is 4.74 Å². The number of alkyl halides is 1. The summed E-state index contributed by atoms with van der Waals surface area (Å²) in [6, 6.07) is 8.05. The zero-order valence-electron chi connectivity index (χ0n) is 6.59. The molecule has 0 bridgehead atoms. The number of para-hydroxylation sites is 1. The molecule has 0 aliphatic carbocycles. The van der Waals surface area contributed by atoms with Crippen LogP contribution in [-0.4, -0.2) is 11.9 Å². The molecule has 0 spiro atoms. The van der Waals surface area contributed by atoms with Crippen LogP contribution in [-0.2, 0) is 0 Å². The van der Waals surface area contributed by atoms with Crippen LogP contribution in [0.3, 0.4) is 0 Å². The van der Waals surface area contributed by atoms with Crippen LogP contribution in [0.15, 0.2) is 24.3 Å². The summed E-state index contributed by atoms with van der Waals surface area (Å²) < 4.78 is 6.71. The van der Waals surface area contributed by atoms with E-state index in [1.807, 2.05) is 24.3 Å². The molecule has 0 saturated carbocycles. The van der Waals surface area contributed by atoms with Gasteiger partial charge in [0.1, 0.15) is 5.75 Å². The summed E-state index contributed by atoms with van der Waals surface area (Å²) in [5, 5.41) is 0.996. The van der Waals surface area contributed by atoms with Crippen LogP contribution in [0.1, 0.15) is 6.42 Å². The van der Waals surface area contributed by atoms with Crippen LogP contribution >= 0.6 is 38.5 Å². The Morgan fingerprint density at radius 3 is 2.75 bits per heavy atom. The van der Waals surface area contributed by atoms with Crippen molar-refractivity contribution in [3.8, 4) is 5.75 Å². The summed E-state index contributed by atoms with van der Waals surface area (Å²) in [6.07, 6.45) is 1.05. The highest BCUT2D eigenvalue weighted by molar-refractivity contribution is 14.1. The summed E-state index contributed by atoms with van der Waals surface area (Å²) in [5.41, 5.74) is 0. The molecule has 0 fully saturated rings. The maximum Gasteiger partial charge on any atom is 0.132 e. The van der Waals surface area contributed by atoms with Gasteiger partial charge in [0.25, 0.3) is 0 Å². The molecule has 12 heavy (non-hydrogen) atoms.